The van der Waals surface area contributed by atoms with Crippen molar-refractivity contribution in [3.05, 3.63) is 80.9 Å². The first-order valence-corrected chi connectivity index (χ1v) is 8.94. The second-order valence-electron chi connectivity index (χ2n) is 5.88. The number of benzene rings is 2. The molecule has 0 aliphatic heterocycles. The normalized spacial score (nSPS) is 10.8. The molecule has 0 atom stereocenters. The average molecular weight is 361 g/mol. The van der Waals surface area contributed by atoms with Crippen LogP contribution in [0.5, 0.6) is 0 Å². The minimum atomic E-state index is -0.315. The zero-order valence-electron chi connectivity index (χ0n) is 13.9. The van der Waals surface area contributed by atoms with Crippen molar-refractivity contribution >= 4 is 33.8 Å². The van der Waals surface area contributed by atoms with Crippen molar-refractivity contribution in [2.24, 2.45) is 0 Å². The summed E-state index contributed by atoms with van der Waals surface area (Å²) in [5.41, 5.74) is 3.26. The maximum atomic E-state index is 12.7. The van der Waals surface area contributed by atoms with Gasteiger partial charge in [0.1, 0.15) is 0 Å². The molecular formula is C20H15N3O2S. The van der Waals surface area contributed by atoms with Crippen molar-refractivity contribution in [3.8, 4) is 11.3 Å². The van der Waals surface area contributed by atoms with E-state index in [9.17, 15) is 9.59 Å². The number of thiazole rings is 1. The van der Waals surface area contributed by atoms with Crippen LogP contribution in [-0.2, 0) is 0 Å². The number of nitrogens with one attached hydrogen (secondary N) is 2. The second-order valence-corrected chi connectivity index (χ2v) is 6.94. The number of carbonyl (C=O) groups excluding carboxylic acids is 1. The molecule has 1 amide bonds. The number of aromatic amines is 1. The highest BCUT2D eigenvalue weighted by atomic mass is 32.1. The number of anilines is 1. The van der Waals surface area contributed by atoms with E-state index in [1.807, 2.05) is 54.8 Å². The molecular weight excluding hydrogens is 346 g/mol. The summed E-state index contributed by atoms with van der Waals surface area (Å²) >= 11 is 1.60. The van der Waals surface area contributed by atoms with Crippen LogP contribution < -0.4 is 10.9 Å². The Hall–Kier alpha value is -3.25. The third-order valence-electron chi connectivity index (χ3n) is 4.05. The van der Waals surface area contributed by atoms with E-state index in [1.54, 1.807) is 17.4 Å². The molecule has 2 aromatic carbocycles. The zero-order chi connectivity index (χ0) is 18.1. The van der Waals surface area contributed by atoms with E-state index in [0.29, 0.717) is 22.2 Å². The maximum Gasteiger partial charge on any atom is 0.256 e. The zero-order valence-corrected chi connectivity index (χ0v) is 14.8. The maximum absolute atomic E-state index is 12.7. The van der Waals surface area contributed by atoms with Crippen LogP contribution >= 0.6 is 11.3 Å². The van der Waals surface area contributed by atoms with Gasteiger partial charge in [0.25, 0.3) is 5.91 Å². The molecule has 5 nitrogen and oxygen atoms in total. The Balaban J connectivity index is 1.62. The summed E-state index contributed by atoms with van der Waals surface area (Å²) in [6.45, 7) is 1.97. The Morgan fingerprint density at radius 2 is 1.88 bits per heavy atom. The highest BCUT2D eigenvalue weighted by Gasteiger charge is 2.12. The third kappa shape index (κ3) is 3.14. The van der Waals surface area contributed by atoms with Crippen molar-refractivity contribution in [1.29, 1.82) is 0 Å². The molecule has 2 aromatic heterocycles. The molecule has 0 bridgehead atoms. The largest absolute Gasteiger partial charge is 0.322 e. The number of pyridine rings is 1. The summed E-state index contributed by atoms with van der Waals surface area (Å²) in [5, 5.41) is 6.58. The minimum absolute atomic E-state index is 0.303. The predicted molar refractivity (Wildman–Crippen MR) is 105 cm³/mol. The number of amides is 1. The summed E-state index contributed by atoms with van der Waals surface area (Å²) in [6, 6.07) is 16.1. The van der Waals surface area contributed by atoms with Gasteiger partial charge in [0.05, 0.1) is 16.3 Å². The molecule has 0 aliphatic carbocycles. The number of hydrogen-bond donors (Lipinski definition) is 2. The van der Waals surface area contributed by atoms with Crippen LogP contribution in [0.4, 0.5) is 5.69 Å². The number of fused-ring (bicyclic) bond motifs is 1. The van der Waals surface area contributed by atoms with Gasteiger partial charge in [-0.05, 0) is 25.1 Å². The molecule has 0 spiro atoms. The standard InChI is InChI=1S/C20H15N3O2S/c1-12-21-18(11-26-12)13-6-8-14(9-7-13)22-20(25)16-10-19(24)23-17-5-3-2-4-15(16)17/h2-11H,1H3,(H,22,25)(H,23,24). The average Bonchev–Trinajstić information content (AvgIpc) is 3.08. The van der Waals surface area contributed by atoms with Gasteiger partial charge in [0.15, 0.2) is 0 Å². The van der Waals surface area contributed by atoms with Crippen LogP contribution in [0.15, 0.2) is 64.8 Å². The highest BCUT2D eigenvalue weighted by Crippen LogP contribution is 2.23. The van der Waals surface area contributed by atoms with E-state index in [2.05, 4.69) is 15.3 Å². The van der Waals surface area contributed by atoms with E-state index < -0.39 is 0 Å². The number of aromatic nitrogens is 2. The monoisotopic (exact) mass is 361 g/mol. The lowest BCUT2D eigenvalue weighted by molar-refractivity contribution is 0.102. The van der Waals surface area contributed by atoms with Gasteiger partial charge in [-0.1, -0.05) is 30.3 Å². The number of aryl methyl sites for hydroxylation is 1. The molecule has 6 heteroatoms. The summed E-state index contributed by atoms with van der Waals surface area (Å²) in [7, 11) is 0. The van der Waals surface area contributed by atoms with E-state index in [-0.39, 0.29) is 11.5 Å². The van der Waals surface area contributed by atoms with E-state index in [0.717, 1.165) is 16.3 Å². The number of para-hydroxylation sites is 1. The Bertz CT molecular complexity index is 1160. The Labute approximate surface area is 153 Å². The molecule has 0 saturated carbocycles. The smallest absolute Gasteiger partial charge is 0.256 e. The summed E-state index contributed by atoms with van der Waals surface area (Å²) < 4.78 is 0. The van der Waals surface area contributed by atoms with Crippen molar-refractivity contribution in [1.82, 2.24) is 9.97 Å². The lowest BCUT2D eigenvalue weighted by atomic mass is 10.1. The molecule has 0 radical (unpaired) electrons. The lowest BCUT2D eigenvalue weighted by Crippen LogP contribution is -2.16. The molecule has 0 unspecified atom stereocenters. The topological polar surface area (TPSA) is 74.8 Å². The molecule has 0 aliphatic rings. The first kappa shape index (κ1) is 16.2. The minimum Gasteiger partial charge on any atom is -0.322 e. The van der Waals surface area contributed by atoms with E-state index in [1.165, 1.54) is 6.07 Å². The van der Waals surface area contributed by atoms with Crippen molar-refractivity contribution < 1.29 is 4.79 Å². The second kappa shape index (κ2) is 6.57. The molecule has 4 aromatic rings. The number of rotatable bonds is 3. The van der Waals surface area contributed by atoms with Gasteiger partial charge in [-0.3, -0.25) is 9.59 Å². The summed E-state index contributed by atoms with van der Waals surface area (Å²) in [4.78, 5) is 31.7. The lowest BCUT2D eigenvalue weighted by Gasteiger charge is -2.08. The van der Waals surface area contributed by atoms with Gasteiger partial charge in [-0.25, -0.2) is 4.98 Å². The van der Waals surface area contributed by atoms with Crippen LogP contribution in [-0.4, -0.2) is 15.9 Å². The molecule has 2 heterocycles. The first-order chi connectivity index (χ1) is 12.6. The van der Waals surface area contributed by atoms with Gasteiger partial charge < -0.3 is 10.3 Å². The Kier molecular flexibility index (Phi) is 4.10. The van der Waals surface area contributed by atoms with Crippen LogP contribution in [0.2, 0.25) is 0 Å². The molecule has 26 heavy (non-hydrogen) atoms. The first-order valence-electron chi connectivity index (χ1n) is 8.06. The van der Waals surface area contributed by atoms with Gasteiger partial charge in [-0.15, -0.1) is 11.3 Å². The fourth-order valence-electron chi connectivity index (χ4n) is 2.81. The van der Waals surface area contributed by atoms with Crippen LogP contribution in [0, 0.1) is 6.92 Å². The van der Waals surface area contributed by atoms with Gasteiger partial charge in [0.2, 0.25) is 5.56 Å². The van der Waals surface area contributed by atoms with Crippen molar-refractivity contribution in [2.45, 2.75) is 6.92 Å². The van der Waals surface area contributed by atoms with E-state index in [4.69, 9.17) is 0 Å². The number of hydrogen-bond acceptors (Lipinski definition) is 4. The summed E-state index contributed by atoms with van der Waals surface area (Å²) in [6.07, 6.45) is 0. The van der Waals surface area contributed by atoms with Gasteiger partial charge in [-0.2, -0.15) is 0 Å². The van der Waals surface area contributed by atoms with Crippen LogP contribution in [0.3, 0.4) is 0 Å². The molecule has 2 N–H and O–H groups in total. The van der Waals surface area contributed by atoms with Gasteiger partial charge in [0, 0.05) is 33.6 Å². The SMILES string of the molecule is Cc1nc(-c2ccc(NC(=O)c3cc(=O)[nH]c4ccccc34)cc2)cs1. The fourth-order valence-corrected chi connectivity index (χ4v) is 3.43. The number of H-pyrrole nitrogens is 1. The highest BCUT2D eigenvalue weighted by molar-refractivity contribution is 7.09. The fraction of sp³-hybridized carbons (Fsp3) is 0.0500. The third-order valence-corrected chi connectivity index (χ3v) is 4.83. The number of carbonyl (C=O) groups is 1. The molecule has 128 valence electrons. The van der Waals surface area contributed by atoms with Crippen LogP contribution in [0.1, 0.15) is 15.4 Å². The number of nitrogens with zero attached hydrogens (tertiary/aromatic N) is 1. The quantitative estimate of drug-likeness (QED) is 0.574. The Morgan fingerprint density at radius 3 is 2.62 bits per heavy atom. The molecule has 0 fully saturated rings. The van der Waals surface area contributed by atoms with Crippen molar-refractivity contribution in [2.75, 3.05) is 5.32 Å². The van der Waals surface area contributed by atoms with E-state index >= 15 is 0 Å². The van der Waals surface area contributed by atoms with Crippen LogP contribution in [0.25, 0.3) is 22.2 Å². The molecule has 4 rings (SSSR count). The summed E-state index contributed by atoms with van der Waals surface area (Å²) in [5.74, 6) is -0.315. The van der Waals surface area contributed by atoms with Gasteiger partial charge >= 0.3 is 0 Å². The van der Waals surface area contributed by atoms with Crippen molar-refractivity contribution in [3.63, 3.8) is 0 Å². The predicted octanol–water partition coefficient (Wildman–Crippen LogP) is 4.21. The Morgan fingerprint density at radius 1 is 1.12 bits per heavy atom. The molecule has 0 saturated heterocycles.